The molecule has 0 aliphatic carbocycles. The zero-order valence-corrected chi connectivity index (χ0v) is 10.2. The third kappa shape index (κ3) is 10.4. The molecular formula is C13H18O4. The fraction of sp³-hybridized carbons (Fsp3) is 0.385. The standard InChI is InChI=1S/C13H18O4/c1-3-4-5-6-7-8-11-17-13(15)10-9-12(14)16-2/h6-11H,3-5H2,1-2H3/b7-6?,10-9+,11-8?. The molecule has 0 aliphatic rings. The highest BCUT2D eigenvalue weighted by atomic mass is 16.5. The highest BCUT2D eigenvalue weighted by Crippen LogP contribution is 1.95. The second-order valence-electron chi connectivity index (χ2n) is 3.19. The van der Waals surface area contributed by atoms with Gasteiger partial charge < -0.3 is 9.47 Å². The highest BCUT2D eigenvalue weighted by molar-refractivity contribution is 5.91. The number of hydrogen-bond donors (Lipinski definition) is 0. The number of carbonyl (C=O) groups excluding carboxylic acids is 2. The van der Waals surface area contributed by atoms with Crippen LogP contribution in [-0.2, 0) is 19.1 Å². The molecule has 0 spiro atoms. The van der Waals surface area contributed by atoms with Gasteiger partial charge in [0.15, 0.2) is 0 Å². The maximum atomic E-state index is 11.0. The fourth-order valence-electron chi connectivity index (χ4n) is 0.892. The summed E-state index contributed by atoms with van der Waals surface area (Å²) < 4.78 is 9.00. The molecule has 0 N–H and O–H groups in total. The van der Waals surface area contributed by atoms with Crippen molar-refractivity contribution >= 4 is 11.9 Å². The Kier molecular flexibility index (Phi) is 9.52. The summed E-state index contributed by atoms with van der Waals surface area (Å²) in [6, 6.07) is 0. The lowest BCUT2D eigenvalue weighted by Gasteiger charge is -1.91. The Morgan fingerprint density at radius 3 is 2.47 bits per heavy atom. The molecule has 0 saturated heterocycles. The Morgan fingerprint density at radius 2 is 1.82 bits per heavy atom. The van der Waals surface area contributed by atoms with Crippen LogP contribution in [-0.4, -0.2) is 19.0 Å². The number of hydrogen-bond acceptors (Lipinski definition) is 4. The molecule has 0 saturated carbocycles. The van der Waals surface area contributed by atoms with Gasteiger partial charge in [0.1, 0.15) is 0 Å². The molecule has 0 aromatic carbocycles. The monoisotopic (exact) mass is 238 g/mol. The summed E-state index contributed by atoms with van der Waals surface area (Å²) in [7, 11) is 1.24. The number of methoxy groups -OCH3 is 1. The first kappa shape index (κ1) is 15.2. The van der Waals surface area contributed by atoms with Crippen molar-refractivity contribution in [1.29, 1.82) is 0 Å². The smallest absolute Gasteiger partial charge is 0.335 e. The average molecular weight is 238 g/mol. The second-order valence-corrected chi connectivity index (χ2v) is 3.19. The van der Waals surface area contributed by atoms with Gasteiger partial charge in [-0.3, -0.25) is 0 Å². The lowest BCUT2D eigenvalue weighted by atomic mass is 10.2. The largest absolute Gasteiger partial charge is 0.466 e. The molecule has 0 unspecified atom stereocenters. The van der Waals surface area contributed by atoms with Crippen molar-refractivity contribution < 1.29 is 19.1 Å². The van der Waals surface area contributed by atoms with Crippen LogP contribution >= 0.6 is 0 Å². The Morgan fingerprint density at radius 1 is 1.12 bits per heavy atom. The number of esters is 2. The number of ether oxygens (including phenoxy) is 2. The molecule has 17 heavy (non-hydrogen) atoms. The molecule has 0 atom stereocenters. The van der Waals surface area contributed by atoms with E-state index in [4.69, 9.17) is 0 Å². The molecule has 0 rings (SSSR count). The summed E-state index contributed by atoms with van der Waals surface area (Å²) in [6.45, 7) is 2.12. The quantitative estimate of drug-likeness (QED) is 0.225. The molecule has 0 heterocycles. The molecule has 0 bridgehead atoms. The van der Waals surface area contributed by atoms with E-state index < -0.39 is 11.9 Å². The molecule has 0 fully saturated rings. The Hall–Kier alpha value is -1.84. The minimum absolute atomic E-state index is 0.592. The van der Waals surface area contributed by atoms with Crippen molar-refractivity contribution in [2.45, 2.75) is 26.2 Å². The van der Waals surface area contributed by atoms with Gasteiger partial charge in [-0.1, -0.05) is 31.9 Å². The third-order valence-electron chi connectivity index (χ3n) is 1.79. The van der Waals surface area contributed by atoms with Gasteiger partial charge in [-0.25, -0.2) is 9.59 Å². The number of unbranched alkanes of at least 4 members (excludes halogenated alkanes) is 2. The number of carbonyl (C=O) groups is 2. The van der Waals surface area contributed by atoms with Gasteiger partial charge in [-0.15, -0.1) is 0 Å². The van der Waals surface area contributed by atoms with E-state index in [-0.39, 0.29) is 0 Å². The summed E-state index contributed by atoms with van der Waals surface area (Å²) in [4.78, 5) is 21.7. The van der Waals surface area contributed by atoms with E-state index in [2.05, 4.69) is 16.4 Å². The summed E-state index contributed by atoms with van der Waals surface area (Å²) in [5.74, 6) is -1.21. The molecule has 0 amide bonds. The molecule has 94 valence electrons. The normalized spacial score (nSPS) is 11.4. The molecular weight excluding hydrogens is 220 g/mol. The highest BCUT2D eigenvalue weighted by Gasteiger charge is 1.96. The fourth-order valence-corrected chi connectivity index (χ4v) is 0.892. The van der Waals surface area contributed by atoms with E-state index in [0.29, 0.717) is 0 Å². The molecule has 0 aliphatic heterocycles. The first-order valence-corrected chi connectivity index (χ1v) is 5.49. The predicted octanol–water partition coefficient (Wildman–Crippen LogP) is 2.52. The van der Waals surface area contributed by atoms with Crippen LogP contribution in [0.5, 0.6) is 0 Å². The third-order valence-corrected chi connectivity index (χ3v) is 1.79. The lowest BCUT2D eigenvalue weighted by Crippen LogP contribution is -1.98. The van der Waals surface area contributed by atoms with Gasteiger partial charge in [-0.05, 0) is 12.5 Å². The van der Waals surface area contributed by atoms with Crippen LogP contribution in [0.4, 0.5) is 0 Å². The zero-order valence-electron chi connectivity index (χ0n) is 10.2. The van der Waals surface area contributed by atoms with Gasteiger partial charge in [0.05, 0.1) is 13.4 Å². The second kappa shape index (κ2) is 10.7. The summed E-state index contributed by atoms with van der Waals surface area (Å²) in [5, 5.41) is 0. The molecule has 4 heteroatoms. The molecule has 0 aromatic rings. The van der Waals surface area contributed by atoms with Crippen LogP contribution in [0.1, 0.15) is 26.2 Å². The summed E-state index contributed by atoms with van der Waals surface area (Å²) >= 11 is 0. The predicted molar refractivity (Wildman–Crippen MR) is 65.1 cm³/mol. The molecule has 0 radical (unpaired) electrons. The van der Waals surface area contributed by atoms with E-state index in [1.165, 1.54) is 13.4 Å². The maximum Gasteiger partial charge on any atom is 0.335 e. The van der Waals surface area contributed by atoms with Crippen LogP contribution in [0, 0.1) is 0 Å². The topological polar surface area (TPSA) is 52.6 Å². The number of rotatable bonds is 7. The molecule has 0 aromatic heterocycles. The van der Waals surface area contributed by atoms with Gasteiger partial charge in [0, 0.05) is 12.2 Å². The molecule has 4 nitrogen and oxygen atoms in total. The van der Waals surface area contributed by atoms with E-state index in [0.717, 1.165) is 31.4 Å². The van der Waals surface area contributed by atoms with Crippen LogP contribution in [0.15, 0.2) is 36.6 Å². The van der Waals surface area contributed by atoms with Crippen LogP contribution in [0.3, 0.4) is 0 Å². The van der Waals surface area contributed by atoms with Crippen molar-refractivity contribution in [2.75, 3.05) is 7.11 Å². The van der Waals surface area contributed by atoms with E-state index >= 15 is 0 Å². The zero-order chi connectivity index (χ0) is 12.9. The minimum Gasteiger partial charge on any atom is -0.466 e. The first-order chi connectivity index (χ1) is 8.20. The van der Waals surface area contributed by atoms with Gasteiger partial charge in [0.25, 0.3) is 0 Å². The summed E-state index contributed by atoms with van der Waals surface area (Å²) in [5.41, 5.74) is 0. The SMILES string of the molecule is CCCCC=CC=COC(=O)/C=C/C(=O)OC. The van der Waals surface area contributed by atoms with Crippen LogP contribution < -0.4 is 0 Å². The van der Waals surface area contributed by atoms with Gasteiger partial charge >= 0.3 is 11.9 Å². The minimum atomic E-state index is -0.617. The van der Waals surface area contributed by atoms with E-state index in [9.17, 15) is 9.59 Å². The average Bonchev–Trinajstić information content (AvgIpc) is 2.34. The Bertz CT molecular complexity index is 313. The van der Waals surface area contributed by atoms with Crippen molar-refractivity contribution in [1.82, 2.24) is 0 Å². The van der Waals surface area contributed by atoms with Crippen LogP contribution in [0.25, 0.3) is 0 Å². The van der Waals surface area contributed by atoms with Crippen LogP contribution in [0.2, 0.25) is 0 Å². The van der Waals surface area contributed by atoms with E-state index in [1.54, 1.807) is 6.08 Å². The van der Waals surface area contributed by atoms with Crippen molar-refractivity contribution in [3.8, 4) is 0 Å². The summed E-state index contributed by atoms with van der Waals surface area (Å²) in [6.07, 6.45) is 12.0. The van der Waals surface area contributed by atoms with E-state index in [1.807, 2.05) is 12.2 Å². The Balaban J connectivity index is 3.76. The first-order valence-electron chi connectivity index (χ1n) is 5.49. The van der Waals surface area contributed by atoms with Gasteiger partial charge in [-0.2, -0.15) is 0 Å². The lowest BCUT2D eigenvalue weighted by molar-refractivity contribution is -0.136. The maximum absolute atomic E-state index is 11.0. The van der Waals surface area contributed by atoms with Crippen molar-refractivity contribution in [3.05, 3.63) is 36.6 Å². The Labute approximate surface area is 102 Å². The van der Waals surface area contributed by atoms with Crippen molar-refractivity contribution in [3.63, 3.8) is 0 Å². The van der Waals surface area contributed by atoms with Crippen molar-refractivity contribution in [2.24, 2.45) is 0 Å². The van der Waals surface area contributed by atoms with Gasteiger partial charge in [0.2, 0.25) is 0 Å². The number of allylic oxidation sites excluding steroid dienone is 3.